The van der Waals surface area contributed by atoms with E-state index in [-0.39, 0.29) is 12.5 Å². The molecule has 2 aromatic rings. The van der Waals surface area contributed by atoms with E-state index in [4.69, 9.17) is 0 Å². The minimum absolute atomic E-state index is 0.316. The zero-order valence-electron chi connectivity index (χ0n) is 18.1. The van der Waals surface area contributed by atoms with Crippen molar-refractivity contribution < 1.29 is 14.4 Å². The first-order chi connectivity index (χ1) is 14.9. The van der Waals surface area contributed by atoms with Crippen LogP contribution in [0.5, 0.6) is 0 Å². The highest BCUT2D eigenvalue weighted by molar-refractivity contribution is 6.10. The topological polar surface area (TPSA) is 81.8 Å². The van der Waals surface area contributed by atoms with Crippen LogP contribution >= 0.6 is 0 Å². The Hall–Kier alpha value is -3.35. The molecule has 0 bridgehead atoms. The van der Waals surface area contributed by atoms with E-state index in [9.17, 15) is 14.4 Å². The summed E-state index contributed by atoms with van der Waals surface area (Å²) >= 11 is 0. The van der Waals surface area contributed by atoms with E-state index in [1.54, 1.807) is 0 Å². The van der Waals surface area contributed by atoms with Crippen molar-refractivity contribution in [2.75, 3.05) is 23.3 Å². The maximum Gasteiger partial charge on any atom is 0.325 e. The fourth-order valence-corrected chi connectivity index (χ4v) is 4.66. The van der Waals surface area contributed by atoms with Crippen LogP contribution in [0.1, 0.15) is 38.3 Å². The number of imide groups is 1. The maximum atomic E-state index is 13.2. The largest absolute Gasteiger partial charge is 0.369 e. The molecule has 7 heteroatoms. The van der Waals surface area contributed by atoms with Gasteiger partial charge >= 0.3 is 6.03 Å². The van der Waals surface area contributed by atoms with Crippen molar-refractivity contribution in [2.24, 2.45) is 0 Å². The van der Waals surface area contributed by atoms with Gasteiger partial charge in [0.2, 0.25) is 5.91 Å². The molecule has 4 amide bonds. The molecule has 4 rings (SSSR count). The van der Waals surface area contributed by atoms with Crippen LogP contribution in [0.25, 0.3) is 0 Å². The number of urea groups is 1. The Kier molecular flexibility index (Phi) is 5.43. The van der Waals surface area contributed by atoms with Gasteiger partial charge in [0.15, 0.2) is 0 Å². The lowest BCUT2D eigenvalue weighted by Gasteiger charge is -2.27. The van der Waals surface area contributed by atoms with Crippen molar-refractivity contribution in [3.8, 4) is 0 Å². The van der Waals surface area contributed by atoms with Gasteiger partial charge in [-0.05, 0) is 69.0 Å². The third-order valence-corrected chi connectivity index (χ3v) is 6.17. The molecule has 1 aliphatic heterocycles. The van der Waals surface area contributed by atoms with Gasteiger partial charge in [0.25, 0.3) is 5.91 Å². The average Bonchev–Trinajstić information content (AvgIpc) is 3.23. The SMILES string of the molecule is CCN(c1ccc(NC(=O)CN2C(=O)NC3(CCc4ccccc43)C2=O)cc1)C(C)C. The van der Waals surface area contributed by atoms with Crippen molar-refractivity contribution in [1.82, 2.24) is 10.2 Å². The first kappa shape index (κ1) is 20.9. The second kappa shape index (κ2) is 8.06. The number of aryl methyl sites for hydroxylation is 1. The summed E-state index contributed by atoms with van der Waals surface area (Å²) in [4.78, 5) is 41.6. The summed E-state index contributed by atoms with van der Waals surface area (Å²) in [7, 11) is 0. The first-order valence-corrected chi connectivity index (χ1v) is 10.7. The molecule has 1 spiro atoms. The Bertz CT molecular complexity index is 1020. The van der Waals surface area contributed by atoms with E-state index in [1.807, 2.05) is 48.5 Å². The Labute approximate surface area is 182 Å². The van der Waals surface area contributed by atoms with Crippen LogP contribution in [-0.4, -0.2) is 41.9 Å². The molecule has 0 radical (unpaired) electrons. The predicted molar refractivity (Wildman–Crippen MR) is 120 cm³/mol. The number of anilines is 2. The summed E-state index contributed by atoms with van der Waals surface area (Å²) in [6, 6.07) is 15.1. The molecule has 2 N–H and O–H groups in total. The minimum Gasteiger partial charge on any atom is -0.369 e. The van der Waals surface area contributed by atoms with Gasteiger partial charge in [-0.25, -0.2) is 4.79 Å². The van der Waals surface area contributed by atoms with Gasteiger partial charge in [-0.1, -0.05) is 24.3 Å². The monoisotopic (exact) mass is 420 g/mol. The van der Waals surface area contributed by atoms with Crippen molar-refractivity contribution in [3.63, 3.8) is 0 Å². The van der Waals surface area contributed by atoms with Gasteiger partial charge in [-0.3, -0.25) is 14.5 Å². The summed E-state index contributed by atoms with van der Waals surface area (Å²) in [6.07, 6.45) is 1.24. The molecule has 1 unspecified atom stereocenters. The third kappa shape index (κ3) is 3.65. The van der Waals surface area contributed by atoms with Crippen LogP contribution < -0.4 is 15.5 Å². The van der Waals surface area contributed by atoms with E-state index in [0.717, 1.165) is 34.7 Å². The van der Waals surface area contributed by atoms with Crippen LogP contribution in [0.4, 0.5) is 16.2 Å². The zero-order valence-corrected chi connectivity index (χ0v) is 18.1. The van der Waals surface area contributed by atoms with Crippen molar-refractivity contribution >= 4 is 29.2 Å². The quantitative estimate of drug-likeness (QED) is 0.703. The van der Waals surface area contributed by atoms with Crippen LogP contribution in [0.3, 0.4) is 0 Å². The second-order valence-corrected chi connectivity index (χ2v) is 8.36. The van der Waals surface area contributed by atoms with Crippen LogP contribution in [-0.2, 0) is 21.5 Å². The van der Waals surface area contributed by atoms with Crippen molar-refractivity contribution in [3.05, 3.63) is 59.7 Å². The summed E-state index contributed by atoms with van der Waals surface area (Å²) in [5.41, 5.74) is 2.55. The highest BCUT2D eigenvalue weighted by Gasteiger charge is 2.55. The number of carbonyl (C=O) groups excluding carboxylic acids is 3. The number of nitrogens with one attached hydrogen (secondary N) is 2. The standard InChI is InChI=1S/C24H28N4O3/c1-4-27(16(2)3)19-11-9-18(10-12-19)25-21(29)15-28-22(30)24(26-23(28)31)14-13-17-7-5-6-8-20(17)24/h5-12,16H,4,13-15H2,1-3H3,(H,25,29)(H,26,31). The second-order valence-electron chi connectivity index (χ2n) is 8.36. The Morgan fingerprint density at radius 1 is 1.16 bits per heavy atom. The van der Waals surface area contributed by atoms with E-state index in [1.165, 1.54) is 0 Å². The summed E-state index contributed by atoms with van der Waals surface area (Å²) in [6.45, 7) is 6.94. The number of benzene rings is 2. The molecule has 1 fully saturated rings. The van der Waals surface area contributed by atoms with Gasteiger partial charge in [-0.2, -0.15) is 0 Å². The molecule has 2 aromatic carbocycles. The Morgan fingerprint density at radius 2 is 1.87 bits per heavy atom. The molecular weight excluding hydrogens is 392 g/mol. The van der Waals surface area contributed by atoms with Gasteiger partial charge in [-0.15, -0.1) is 0 Å². The Morgan fingerprint density at radius 3 is 2.55 bits per heavy atom. The molecule has 1 heterocycles. The molecular formula is C24H28N4O3. The highest BCUT2D eigenvalue weighted by Crippen LogP contribution is 2.41. The van der Waals surface area contributed by atoms with Gasteiger partial charge in [0, 0.05) is 24.0 Å². The number of fused-ring (bicyclic) bond motifs is 2. The lowest BCUT2D eigenvalue weighted by Crippen LogP contribution is -2.43. The lowest BCUT2D eigenvalue weighted by molar-refractivity contribution is -0.134. The normalized spacial score (nSPS) is 19.7. The van der Waals surface area contributed by atoms with Crippen molar-refractivity contribution in [2.45, 2.75) is 45.2 Å². The highest BCUT2D eigenvalue weighted by atomic mass is 16.2. The third-order valence-electron chi connectivity index (χ3n) is 6.17. The lowest BCUT2D eigenvalue weighted by atomic mass is 9.92. The molecule has 0 saturated carbocycles. The van der Waals surface area contributed by atoms with Gasteiger partial charge < -0.3 is 15.5 Å². The molecule has 31 heavy (non-hydrogen) atoms. The number of nitrogens with zero attached hydrogens (tertiary/aromatic N) is 2. The summed E-state index contributed by atoms with van der Waals surface area (Å²) < 4.78 is 0. The minimum atomic E-state index is -1.05. The average molecular weight is 421 g/mol. The van der Waals surface area contributed by atoms with Crippen LogP contribution in [0, 0.1) is 0 Å². The molecule has 162 valence electrons. The number of hydrogen-bond donors (Lipinski definition) is 2. The number of carbonyl (C=O) groups is 3. The zero-order chi connectivity index (χ0) is 22.2. The molecule has 0 aromatic heterocycles. The molecule has 2 aliphatic rings. The van der Waals surface area contributed by atoms with E-state index >= 15 is 0 Å². The smallest absolute Gasteiger partial charge is 0.325 e. The van der Waals surface area contributed by atoms with Gasteiger partial charge in [0.05, 0.1) is 0 Å². The van der Waals surface area contributed by atoms with E-state index < -0.39 is 17.5 Å². The van der Waals surface area contributed by atoms with Crippen molar-refractivity contribution in [1.29, 1.82) is 0 Å². The molecule has 1 aliphatic carbocycles. The molecule has 7 nitrogen and oxygen atoms in total. The van der Waals surface area contributed by atoms with E-state index in [0.29, 0.717) is 18.2 Å². The van der Waals surface area contributed by atoms with Crippen LogP contribution in [0.15, 0.2) is 48.5 Å². The Balaban J connectivity index is 1.44. The summed E-state index contributed by atoms with van der Waals surface area (Å²) in [5.74, 6) is -0.765. The molecule has 1 saturated heterocycles. The predicted octanol–water partition coefficient (Wildman–Crippen LogP) is 3.25. The fourth-order valence-electron chi connectivity index (χ4n) is 4.66. The summed E-state index contributed by atoms with van der Waals surface area (Å²) in [5, 5.41) is 5.63. The van der Waals surface area contributed by atoms with E-state index in [2.05, 4.69) is 36.3 Å². The first-order valence-electron chi connectivity index (χ1n) is 10.7. The number of rotatable bonds is 6. The van der Waals surface area contributed by atoms with Gasteiger partial charge in [0.1, 0.15) is 12.1 Å². The molecule has 1 atom stereocenters. The number of hydrogen-bond acceptors (Lipinski definition) is 4. The fraction of sp³-hybridized carbons (Fsp3) is 0.375. The number of amides is 4. The maximum absolute atomic E-state index is 13.2. The van der Waals surface area contributed by atoms with Crippen LogP contribution in [0.2, 0.25) is 0 Å².